The fourth-order valence-corrected chi connectivity index (χ4v) is 1.54. The van der Waals surface area contributed by atoms with Crippen molar-refractivity contribution in [1.82, 2.24) is 9.97 Å². The van der Waals surface area contributed by atoms with Crippen molar-refractivity contribution in [2.75, 3.05) is 11.9 Å². The maximum Gasteiger partial charge on any atom is 0.258 e. The minimum Gasteiger partial charge on any atom is -0.330 e. The molecule has 2 rings (SSSR count). The Morgan fingerprint density at radius 2 is 1.83 bits per heavy atom. The summed E-state index contributed by atoms with van der Waals surface area (Å²) in [4.78, 5) is 19.4. The fourth-order valence-electron chi connectivity index (χ4n) is 1.54. The van der Waals surface area contributed by atoms with Crippen molar-refractivity contribution in [3.63, 3.8) is 0 Å². The molecule has 0 fully saturated rings. The van der Waals surface area contributed by atoms with E-state index in [9.17, 15) is 4.79 Å². The highest BCUT2D eigenvalue weighted by Crippen LogP contribution is 2.11. The van der Waals surface area contributed by atoms with Crippen molar-refractivity contribution in [1.29, 1.82) is 0 Å². The van der Waals surface area contributed by atoms with Gasteiger partial charge in [0.05, 0.1) is 5.56 Å². The van der Waals surface area contributed by atoms with Gasteiger partial charge >= 0.3 is 0 Å². The molecule has 1 aromatic carbocycles. The monoisotopic (exact) mass is 242 g/mol. The summed E-state index contributed by atoms with van der Waals surface area (Å²) in [5.74, 6) is -0.220. The predicted molar refractivity (Wildman–Crippen MR) is 69.2 cm³/mol. The number of anilines is 1. The number of amides is 1. The quantitative estimate of drug-likeness (QED) is 0.845. The second kappa shape index (κ2) is 5.88. The number of hydrogen-bond acceptors (Lipinski definition) is 4. The molecule has 0 unspecified atom stereocenters. The fraction of sp³-hybridized carbons (Fsp3) is 0.154. The molecular formula is C13H14N4O. The van der Waals surface area contributed by atoms with Crippen LogP contribution in [0.2, 0.25) is 0 Å². The summed E-state index contributed by atoms with van der Waals surface area (Å²) in [6.45, 7) is 0.618. The summed E-state index contributed by atoms with van der Waals surface area (Å²) in [5.41, 5.74) is 7.80. The summed E-state index contributed by atoms with van der Waals surface area (Å²) in [5, 5.41) is 2.78. The van der Waals surface area contributed by atoms with E-state index in [1.807, 2.05) is 24.3 Å². The van der Waals surface area contributed by atoms with E-state index in [2.05, 4.69) is 15.3 Å². The molecule has 0 bridgehead atoms. The minimum atomic E-state index is -0.220. The van der Waals surface area contributed by atoms with E-state index in [-0.39, 0.29) is 5.91 Å². The number of carbonyl (C=O) groups is 1. The Labute approximate surface area is 105 Å². The maximum atomic E-state index is 11.8. The third-order valence-electron chi connectivity index (χ3n) is 2.47. The van der Waals surface area contributed by atoms with Crippen LogP contribution in [0.25, 0.3) is 0 Å². The molecule has 18 heavy (non-hydrogen) atoms. The molecule has 0 spiro atoms. The van der Waals surface area contributed by atoms with Gasteiger partial charge < -0.3 is 11.1 Å². The molecule has 0 atom stereocenters. The zero-order valence-electron chi connectivity index (χ0n) is 9.84. The second-order valence-corrected chi connectivity index (χ2v) is 3.82. The summed E-state index contributed by atoms with van der Waals surface area (Å²) >= 11 is 0. The van der Waals surface area contributed by atoms with Gasteiger partial charge in [-0.25, -0.2) is 9.97 Å². The molecule has 0 aliphatic rings. The number of nitrogens with one attached hydrogen (secondary N) is 1. The molecule has 92 valence electrons. The lowest BCUT2D eigenvalue weighted by Crippen LogP contribution is -2.12. The number of hydrogen-bond donors (Lipinski definition) is 2. The average Bonchev–Trinajstić information content (AvgIpc) is 2.42. The third-order valence-corrected chi connectivity index (χ3v) is 2.47. The summed E-state index contributed by atoms with van der Waals surface area (Å²) in [6.07, 6.45) is 5.18. The van der Waals surface area contributed by atoms with Crippen molar-refractivity contribution in [3.8, 4) is 0 Å². The van der Waals surface area contributed by atoms with Gasteiger partial charge in [0, 0.05) is 18.1 Å². The van der Waals surface area contributed by atoms with Crippen LogP contribution in [0.1, 0.15) is 15.9 Å². The molecule has 1 heterocycles. The van der Waals surface area contributed by atoms with Crippen LogP contribution in [0, 0.1) is 0 Å². The van der Waals surface area contributed by atoms with Crippen LogP contribution < -0.4 is 11.1 Å². The van der Waals surface area contributed by atoms with Gasteiger partial charge in [-0.15, -0.1) is 0 Å². The lowest BCUT2D eigenvalue weighted by molar-refractivity contribution is 0.102. The largest absolute Gasteiger partial charge is 0.330 e. The summed E-state index contributed by atoms with van der Waals surface area (Å²) in [6, 6.07) is 7.60. The van der Waals surface area contributed by atoms with E-state index >= 15 is 0 Å². The first-order valence-electron chi connectivity index (χ1n) is 5.65. The molecule has 5 heteroatoms. The lowest BCUT2D eigenvalue weighted by atomic mass is 10.1. The Bertz CT molecular complexity index is 510. The van der Waals surface area contributed by atoms with Crippen molar-refractivity contribution in [2.24, 2.45) is 5.73 Å². The van der Waals surface area contributed by atoms with Gasteiger partial charge in [-0.05, 0) is 30.7 Å². The van der Waals surface area contributed by atoms with Crippen LogP contribution in [0.5, 0.6) is 0 Å². The van der Waals surface area contributed by atoms with Gasteiger partial charge in [0.1, 0.15) is 6.33 Å². The zero-order chi connectivity index (χ0) is 12.8. The van der Waals surface area contributed by atoms with Gasteiger partial charge in [-0.3, -0.25) is 4.79 Å². The topological polar surface area (TPSA) is 80.9 Å². The van der Waals surface area contributed by atoms with Gasteiger partial charge in [0.2, 0.25) is 0 Å². The number of rotatable bonds is 4. The number of benzene rings is 1. The zero-order valence-corrected chi connectivity index (χ0v) is 9.84. The molecule has 0 saturated carbocycles. The van der Waals surface area contributed by atoms with Crippen LogP contribution in [0.15, 0.2) is 43.0 Å². The highest BCUT2D eigenvalue weighted by molar-refractivity contribution is 6.03. The Balaban J connectivity index is 2.03. The van der Waals surface area contributed by atoms with Gasteiger partial charge in [0.15, 0.2) is 0 Å². The molecular weight excluding hydrogens is 228 g/mol. The van der Waals surface area contributed by atoms with Gasteiger partial charge in [0.25, 0.3) is 5.91 Å². The van der Waals surface area contributed by atoms with E-state index in [1.54, 1.807) is 0 Å². The predicted octanol–water partition coefficient (Wildman–Crippen LogP) is 1.23. The molecule has 0 aliphatic heterocycles. The Morgan fingerprint density at radius 1 is 1.17 bits per heavy atom. The Kier molecular flexibility index (Phi) is 3.98. The highest BCUT2D eigenvalue weighted by atomic mass is 16.1. The van der Waals surface area contributed by atoms with Crippen LogP contribution in [-0.4, -0.2) is 22.4 Å². The highest BCUT2D eigenvalue weighted by Gasteiger charge is 2.05. The van der Waals surface area contributed by atoms with Crippen LogP contribution in [0.4, 0.5) is 5.69 Å². The van der Waals surface area contributed by atoms with Crippen molar-refractivity contribution in [2.45, 2.75) is 6.42 Å². The first-order valence-corrected chi connectivity index (χ1v) is 5.65. The second-order valence-electron chi connectivity index (χ2n) is 3.82. The SMILES string of the molecule is NCCc1ccc(NC(=O)c2cncnc2)cc1. The molecule has 1 amide bonds. The summed E-state index contributed by atoms with van der Waals surface area (Å²) < 4.78 is 0. The molecule has 5 nitrogen and oxygen atoms in total. The number of nitrogens with two attached hydrogens (primary N) is 1. The number of nitrogens with zero attached hydrogens (tertiary/aromatic N) is 2. The van der Waals surface area contributed by atoms with Crippen molar-refractivity contribution < 1.29 is 4.79 Å². The normalized spacial score (nSPS) is 10.1. The average molecular weight is 242 g/mol. The van der Waals surface area contributed by atoms with Gasteiger partial charge in [-0.2, -0.15) is 0 Å². The van der Waals surface area contributed by atoms with E-state index < -0.39 is 0 Å². The van der Waals surface area contributed by atoms with E-state index in [0.29, 0.717) is 12.1 Å². The Hall–Kier alpha value is -2.27. The Morgan fingerprint density at radius 3 is 2.44 bits per heavy atom. The smallest absolute Gasteiger partial charge is 0.258 e. The number of carbonyl (C=O) groups excluding carboxylic acids is 1. The van der Waals surface area contributed by atoms with Crippen LogP contribution >= 0.6 is 0 Å². The molecule has 3 N–H and O–H groups in total. The standard InChI is InChI=1S/C13H14N4O/c14-6-5-10-1-3-12(4-2-10)17-13(18)11-7-15-9-16-8-11/h1-4,7-9H,5-6,14H2,(H,17,18). The van der Waals surface area contributed by atoms with E-state index in [0.717, 1.165) is 17.7 Å². The van der Waals surface area contributed by atoms with Gasteiger partial charge in [-0.1, -0.05) is 12.1 Å². The molecule has 1 aromatic heterocycles. The van der Waals surface area contributed by atoms with Crippen LogP contribution in [-0.2, 0) is 6.42 Å². The molecule has 0 aliphatic carbocycles. The number of aromatic nitrogens is 2. The molecule has 2 aromatic rings. The minimum absolute atomic E-state index is 0.220. The lowest BCUT2D eigenvalue weighted by Gasteiger charge is -2.05. The first-order chi connectivity index (χ1) is 8.79. The molecule has 0 saturated heterocycles. The van der Waals surface area contributed by atoms with Crippen molar-refractivity contribution in [3.05, 3.63) is 54.1 Å². The maximum absolute atomic E-state index is 11.8. The van der Waals surface area contributed by atoms with Crippen LogP contribution in [0.3, 0.4) is 0 Å². The molecule has 0 radical (unpaired) electrons. The van der Waals surface area contributed by atoms with Crippen molar-refractivity contribution >= 4 is 11.6 Å². The summed E-state index contributed by atoms with van der Waals surface area (Å²) in [7, 11) is 0. The van der Waals surface area contributed by atoms with E-state index in [1.165, 1.54) is 18.7 Å². The third kappa shape index (κ3) is 3.11. The first kappa shape index (κ1) is 12.2. The van der Waals surface area contributed by atoms with E-state index in [4.69, 9.17) is 5.73 Å².